The Balaban J connectivity index is 1.86. The molecule has 2 aliphatic rings. The fourth-order valence-corrected chi connectivity index (χ4v) is 3.44. The summed E-state index contributed by atoms with van der Waals surface area (Å²) in [7, 11) is 0. The van der Waals surface area contributed by atoms with Crippen LogP contribution in [0.5, 0.6) is 0 Å². The second kappa shape index (κ2) is 4.48. The fourth-order valence-electron chi connectivity index (χ4n) is 3.44. The minimum Gasteiger partial charge on any atom is -0.236 e. The molecule has 0 N–H and O–H groups in total. The van der Waals surface area contributed by atoms with Crippen molar-refractivity contribution in [1.82, 2.24) is 10.0 Å². The predicted molar refractivity (Wildman–Crippen MR) is 76.5 cm³/mol. The molecule has 1 atom stereocenters. The van der Waals surface area contributed by atoms with Crippen LogP contribution in [-0.4, -0.2) is 23.1 Å². The summed E-state index contributed by atoms with van der Waals surface area (Å²) >= 11 is 0. The van der Waals surface area contributed by atoms with Gasteiger partial charge in [0.2, 0.25) is 0 Å². The van der Waals surface area contributed by atoms with E-state index in [4.69, 9.17) is 0 Å². The van der Waals surface area contributed by atoms with Crippen molar-refractivity contribution in [3.8, 4) is 0 Å². The molecule has 0 radical (unpaired) electrons. The maximum absolute atomic E-state index is 2.55. The molecule has 2 aromatic carbocycles. The van der Waals surface area contributed by atoms with Crippen LogP contribution in [0.25, 0.3) is 0 Å². The van der Waals surface area contributed by atoms with Crippen LogP contribution in [0.1, 0.15) is 29.2 Å². The average molecular weight is 250 g/mol. The Morgan fingerprint density at radius 2 is 1.63 bits per heavy atom. The van der Waals surface area contributed by atoms with Crippen molar-refractivity contribution in [3.63, 3.8) is 0 Å². The smallest absolute Gasteiger partial charge is 0.0748 e. The highest BCUT2D eigenvalue weighted by atomic mass is 15.7. The van der Waals surface area contributed by atoms with Crippen molar-refractivity contribution in [3.05, 3.63) is 71.3 Å². The Morgan fingerprint density at radius 1 is 0.842 bits per heavy atom. The molecule has 2 nitrogen and oxygen atoms in total. The van der Waals surface area contributed by atoms with E-state index >= 15 is 0 Å². The molecule has 1 unspecified atom stereocenters. The second-order valence-electron chi connectivity index (χ2n) is 5.42. The number of nitrogens with zero attached hydrogens (tertiary/aromatic N) is 2. The quantitative estimate of drug-likeness (QED) is 0.767. The molecule has 2 heteroatoms. The van der Waals surface area contributed by atoms with Crippen LogP contribution in [0.2, 0.25) is 0 Å². The highest BCUT2D eigenvalue weighted by Gasteiger charge is 2.36. The molecule has 2 aromatic rings. The van der Waals surface area contributed by atoms with E-state index in [2.05, 4.69) is 64.6 Å². The molecule has 0 spiro atoms. The van der Waals surface area contributed by atoms with Gasteiger partial charge in [0.15, 0.2) is 0 Å². The topological polar surface area (TPSA) is 6.48 Å². The first-order chi connectivity index (χ1) is 9.43. The van der Waals surface area contributed by atoms with E-state index in [-0.39, 0.29) is 0 Å². The Labute approximate surface area is 114 Å². The van der Waals surface area contributed by atoms with E-state index in [0.29, 0.717) is 6.04 Å². The van der Waals surface area contributed by atoms with E-state index in [1.807, 2.05) is 0 Å². The SMILES string of the molecule is c1ccc(C2c3ccccc3CN3CCCN23)cc1. The maximum atomic E-state index is 2.55. The number of rotatable bonds is 1. The first-order valence-corrected chi connectivity index (χ1v) is 7.08. The predicted octanol–water partition coefficient (Wildman–Crippen LogP) is 3.21. The van der Waals surface area contributed by atoms with Gasteiger partial charge in [0.25, 0.3) is 0 Å². The normalized spacial score (nSPS) is 23.1. The second-order valence-corrected chi connectivity index (χ2v) is 5.42. The van der Waals surface area contributed by atoms with Crippen molar-refractivity contribution in [2.45, 2.75) is 19.0 Å². The van der Waals surface area contributed by atoms with Gasteiger partial charge >= 0.3 is 0 Å². The molecule has 1 saturated heterocycles. The summed E-state index contributed by atoms with van der Waals surface area (Å²) in [6.45, 7) is 3.44. The molecule has 4 rings (SSSR count). The molecule has 0 aromatic heterocycles. The minimum absolute atomic E-state index is 0.397. The highest BCUT2D eigenvalue weighted by Crippen LogP contribution is 2.38. The standard InChI is InChI=1S/C17H18N2/c1-2-7-14(8-3-1)17-16-10-5-4-9-15(16)13-18-11-6-12-19(17)18/h1-5,7-10,17H,6,11-13H2. The van der Waals surface area contributed by atoms with E-state index in [9.17, 15) is 0 Å². The molecule has 2 heterocycles. The van der Waals surface area contributed by atoms with Crippen LogP contribution in [0.15, 0.2) is 54.6 Å². The van der Waals surface area contributed by atoms with Gasteiger partial charge in [0.1, 0.15) is 0 Å². The zero-order valence-electron chi connectivity index (χ0n) is 11.0. The third-order valence-corrected chi connectivity index (χ3v) is 4.28. The van der Waals surface area contributed by atoms with Crippen molar-refractivity contribution in [2.24, 2.45) is 0 Å². The summed E-state index contributed by atoms with van der Waals surface area (Å²) in [4.78, 5) is 0. The van der Waals surface area contributed by atoms with Crippen LogP contribution in [0, 0.1) is 0 Å². The van der Waals surface area contributed by atoms with Crippen LogP contribution in [-0.2, 0) is 6.54 Å². The summed E-state index contributed by atoms with van der Waals surface area (Å²) in [6, 6.07) is 20.2. The first kappa shape index (κ1) is 11.2. The molecule has 96 valence electrons. The van der Waals surface area contributed by atoms with Crippen molar-refractivity contribution in [2.75, 3.05) is 13.1 Å². The Hall–Kier alpha value is -1.64. The zero-order chi connectivity index (χ0) is 12.7. The molecule has 19 heavy (non-hydrogen) atoms. The van der Waals surface area contributed by atoms with Gasteiger partial charge in [-0.2, -0.15) is 0 Å². The molecule has 0 amide bonds. The van der Waals surface area contributed by atoms with Gasteiger partial charge < -0.3 is 0 Å². The van der Waals surface area contributed by atoms with Gasteiger partial charge in [-0.1, -0.05) is 54.6 Å². The largest absolute Gasteiger partial charge is 0.236 e. The molecule has 0 aliphatic carbocycles. The lowest BCUT2D eigenvalue weighted by Gasteiger charge is -2.41. The van der Waals surface area contributed by atoms with Crippen LogP contribution in [0.4, 0.5) is 0 Å². The molecule has 1 fully saturated rings. The van der Waals surface area contributed by atoms with Crippen molar-refractivity contribution < 1.29 is 0 Å². The molecule has 0 bridgehead atoms. The summed E-state index contributed by atoms with van der Waals surface area (Å²) < 4.78 is 0. The number of hydrogen-bond donors (Lipinski definition) is 0. The van der Waals surface area contributed by atoms with Crippen LogP contribution in [0.3, 0.4) is 0 Å². The zero-order valence-corrected chi connectivity index (χ0v) is 11.0. The van der Waals surface area contributed by atoms with Gasteiger partial charge in [-0.15, -0.1) is 0 Å². The van der Waals surface area contributed by atoms with Crippen LogP contribution >= 0.6 is 0 Å². The lowest BCUT2D eigenvalue weighted by molar-refractivity contribution is -0.0224. The van der Waals surface area contributed by atoms with Crippen LogP contribution < -0.4 is 0 Å². The first-order valence-electron chi connectivity index (χ1n) is 7.08. The molecule has 0 saturated carbocycles. The summed E-state index contributed by atoms with van der Waals surface area (Å²) in [5.74, 6) is 0. The Morgan fingerprint density at radius 3 is 2.53 bits per heavy atom. The van der Waals surface area contributed by atoms with Gasteiger partial charge in [0.05, 0.1) is 6.04 Å². The van der Waals surface area contributed by atoms with Gasteiger partial charge in [0, 0.05) is 19.6 Å². The Bertz CT molecular complexity index is 579. The van der Waals surface area contributed by atoms with Crippen molar-refractivity contribution in [1.29, 1.82) is 0 Å². The lowest BCUT2D eigenvalue weighted by Crippen LogP contribution is -2.43. The maximum Gasteiger partial charge on any atom is 0.0748 e. The van der Waals surface area contributed by atoms with E-state index in [0.717, 1.165) is 6.54 Å². The summed E-state index contributed by atoms with van der Waals surface area (Å²) in [5.41, 5.74) is 4.36. The van der Waals surface area contributed by atoms with Gasteiger partial charge in [-0.3, -0.25) is 0 Å². The number of hydrogen-bond acceptors (Lipinski definition) is 2. The number of benzene rings is 2. The molecular weight excluding hydrogens is 232 g/mol. The van der Waals surface area contributed by atoms with E-state index in [1.165, 1.54) is 36.2 Å². The van der Waals surface area contributed by atoms with E-state index in [1.54, 1.807) is 0 Å². The lowest BCUT2D eigenvalue weighted by atomic mass is 9.92. The third kappa shape index (κ3) is 1.79. The number of hydrazine groups is 1. The minimum atomic E-state index is 0.397. The summed E-state index contributed by atoms with van der Waals surface area (Å²) in [6.07, 6.45) is 1.28. The Kier molecular flexibility index (Phi) is 2.64. The van der Waals surface area contributed by atoms with Gasteiger partial charge in [-0.25, -0.2) is 10.0 Å². The fraction of sp³-hybridized carbons (Fsp3) is 0.294. The highest BCUT2D eigenvalue weighted by molar-refractivity contribution is 5.39. The van der Waals surface area contributed by atoms with E-state index < -0.39 is 0 Å². The van der Waals surface area contributed by atoms with Gasteiger partial charge in [-0.05, 0) is 23.1 Å². The number of fused-ring (bicyclic) bond motifs is 2. The third-order valence-electron chi connectivity index (χ3n) is 4.28. The monoisotopic (exact) mass is 250 g/mol. The van der Waals surface area contributed by atoms with Crippen molar-refractivity contribution >= 4 is 0 Å². The summed E-state index contributed by atoms with van der Waals surface area (Å²) in [5, 5.41) is 5.07. The molecular formula is C17H18N2. The average Bonchev–Trinajstić information content (AvgIpc) is 2.93. The molecule has 2 aliphatic heterocycles.